The maximum absolute atomic E-state index is 12.4. The van der Waals surface area contributed by atoms with Gasteiger partial charge in [-0.15, -0.1) is 0 Å². The summed E-state index contributed by atoms with van der Waals surface area (Å²) in [6, 6.07) is 5.24. The Kier molecular flexibility index (Phi) is 2.22. The molecule has 1 aliphatic heterocycles. The molecule has 0 fully saturated rings. The summed E-state index contributed by atoms with van der Waals surface area (Å²) in [5, 5.41) is 0. The van der Waals surface area contributed by atoms with Crippen molar-refractivity contribution in [1.29, 1.82) is 0 Å². The van der Waals surface area contributed by atoms with Crippen LogP contribution in [-0.2, 0) is 0 Å². The van der Waals surface area contributed by atoms with Gasteiger partial charge in [0.15, 0.2) is 16.2 Å². The molecular weight excluding hydrogens is 239 g/mol. The van der Waals surface area contributed by atoms with Gasteiger partial charge in [0.2, 0.25) is 6.79 Å². The second-order valence-corrected chi connectivity index (χ2v) is 3.30. The number of hydrogen-bond acceptors (Lipinski definition) is 2. The van der Waals surface area contributed by atoms with E-state index in [2.05, 4.69) is 15.9 Å². The Labute approximate surface area is 83.1 Å². The first kappa shape index (κ1) is 8.56. The van der Waals surface area contributed by atoms with E-state index in [1.165, 1.54) is 6.08 Å². The van der Waals surface area contributed by atoms with Crippen LogP contribution >= 0.6 is 15.9 Å². The fourth-order valence-corrected chi connectivity index (χ4v) is 1.39. The normalized spacial score (nSPS) is 14.8. The van der Waals surface area contributed by atoms with Crippen LogP contribution in [0.2, 0.25) is 0 Å². The standard InChI is InChI=1S/C9H6BrFO2/c10-9(11)4-6-1-2-7-8(3-6)13-5-12-7/h1-4H,5H2/b9-4+. The van der Waals surface area contributed by atoms with E-state index in [1.54, 1.807) is 18.2 Å². The monoisotopic (exact) mass is 244 g/mol. The minimum Gasteiger partial charge on any atom is -0.454 e. The first-order valence-corrected chi connectivity index (χ1v) is 4.47. The van der Waals surface area contributed by atoms with Crippen molar-refractivity contribution in [2.45, 2.75) is 0 Å². The van der Waals surface area contributed by atoms with Crippen molar-refractivity contribution < 1.29 is 13.9 Å². The Morgan fingerprint density at radius 1 is 1.38 bits per heavy atom. The van der Waals surface area contributed by atoms with Crippen LogP contribution < -0.4 is 9.47 Å². The van der Waals surface area contributed by atoms with E-state index in [9.17, 15) is 4.39 Å². The molecule has 0 amide bonds. The molecule has 0 atom stereocenters. The van der Waals surface area contributed by atoms with Crippen molar-refractivity contribution in [1.82, 2.24) is 0 Å². The summed E-state index contributed by atoms with van der Waals surface area (Å²) in [4.78, 5) is 0. The number of halogens is 2. The molecule has 1 heterocycles. The molecule has 0 N–H and O–H groups in total. The molecule has 0 unspecified atom stereocenters. The van der Waals surface area contributed by atoms with Crippen LogP contribution in [0.25, 0.3) is 6.08 Å². The molecule has 0 spiro atoms. The second-order valence-electron chi connectivity index (χ2n) is 2.55. The maximum atomic E-state index is 12.4. The Morgan fingerprint density at radius 2 is 2.15 bits per heavy atom. The maximum Gasteiger partial charge on any atom is 0.231 e. The zero-order chi connectivity index (χ0) is 9.26. The summed E-state index contributed by atoms with van der Waals surface area (Å²) in [5.41, 5.74) is 0.735. The van der Waals surface area contributed by atoms with Gasteiger partial charge in [0, 0.05) is 0 Å². The molecule has 2 nitrogen and oxygen atoms in total. The molecule has 0 radical (unpaired) electrons. The Hall–Kier alpha value is -1.03. The molecule has 68 valence electrons. The predicted octanol–water partition coefficient (Wildman–Crippen LogP) is 3.08. The van der Waals surface area contributed by atoms with Crippen LogP contribution in [0, 0.1) is 0 Å². The number of benzene rings is 1. The minimum absolute atomic E-state index is 0.235. The second kappa shape index (κ2) is 3.38. The quantitative estimate of drug-likeness (QED) is 0.756. The van der Waals surface area contributed by atoms with E-state index in [-0.39, 0.29) is 6.79 Å². The lowest BCUT2D eigenvalue weighted by atomic mass is 10.2. The van der Waals surface area contributed by atoms with Gasteiger partial charge in [-0.1, -0.05) is 6.07 Å². The zero-order valence-electron chi connectivity index (χ0n) is 6.59. The smallest absolute Gasteiger partial charge is 0.231 e. The van der Waals surface area contributed by atoms with Crippen LogP contribution in [0.4, 0.5) is 4.39 Å². The highest BCUT2D eigenvalue weighted by Crippen LogP contribution is 2.33. The van der Waals surface area contributed by atoms with Crippen molar-refractivity contribution in [2.75, 3.05) is 6.79 Å². The summed E-state index contributed by atoms with van der Waals surface area (Å²) in [5.74, 6) is 1.36. The summed E-state index contributed by atoms with van der Waals surface area (Å²) >= 11 is 2.71. The fourth-order valence-electron chi connectivity index (χ4n) is 1.13. The first-order valence-electron chi connectivity index (χ1n) is 3.68. The van der Waals surface area contributed by atoms with Crippen molar-refractivity contribution in [3.05, 3.63) is 28.5 Å². The summed E-state index contributed by atoms with van der Waals surface area (Å²) in [6.45, 7) is 0.235. The minimum atomic E-state index is -0.411. The third-order valence-corrected chi connectivity index (χ3v) is 1.90. The summed E-state index contributed by atoms with van der Waals surface area (Å²) in [7, 11) is 0. The third-order valence-electron chi connectivity index (χ3n) is 1.67. The molecule has 0 aromatic heterocycles. The van der Waals surface area contributed by atoms with Gasteiger partial charge in [-0.05, 0) is 39.7 Å². The van der Waals surface area contributed by atoms with Crippen LogP contribution in [-0.4, -0.2) is 6.79 Å². The highest BCUT2D eigenvalue weighted by atomic mass is 79.9. The highest BCUT2D eigenvalue weighted by molar-refractivity contribution is 9.11. The molecule has 4 heteroatoms. The SMILES string of the molecule is F/C(Br)=C/c1ccc2c(c1)OCO2. The van der Waals surface area contributed by atoms with Gasteiger partial charge in [-0.25, -0.2) is 0 Å². The highest BCUT2D eigenvalue weighted by Gasteiger charge is 2.12. The van der Waals surface area contributed by atoms with Crippen molar-refractivity contribution in [3.8, 4) is 11.5 Å². The topological polar surface area (TPSA) is 18.5 Å². The number of hydrogen-bond donors (Lipinski definition) is 0. The van der Waals surface area contributed by atoms with Crippen molar-refractivity contribution in [2.24, 2.45) is 0 Å². The largest absolute Gasteiger partial charge is 0.454 e. The molecule has 1 aromatic rings. The van der Waals surface area contributed by atoms with Gasteiger partial charge in [-0.2, -0.15) is 4.39 Å². The molecule has 1 aromatic carbocycles. The summed E-state index contributed by atoms with van der Waals surface area (Å²) in [6.07, 6.45) is 1.36. The van der Waals surface area contributed by atoms with Crippen LogP contribution in [0.5, 0.6) is 11.5 Å². The molecule has 13 heavy (non-hydrogen) atoms. The van der Waals surface area contributed by atoms with Gasteiger partial charge in [0.05, 0.1) is 0 Å². The van der Waals surface area contributed by atoms with Crippen molar-refractivity contribution >= 4 is 22.0 Å². The van der Waals surface area contributed by atoms with E-state index in [0.717, 1.165) is 5.56 Å². The fraction of sp³-hybridized carbons (Fsp3) is 0.111. The van der Waals surface area contributed by atoms with Gasteiger partial charge >= 0.3 is 0 Å². The van der Waals surface area contributed by atoms with Crippen LogP contribution in [0.15, 0.2) is 22.9 Å². The van der Waals surface area contributed by atoms with E-state index >= 15 is 0 Å². The van der Waals surface area contributed by atoms with E-state index in [4.69, 9.17) is 9.47 Å². The Bertz CT molecular complexity index is 359. The molecule has 0 bridgehead atoms. The molecule has 1 aliphatic rings. The van der Waals surface area contributed by atoms with Gasteiger partial charge in [0.25, 0.3) is 0 Å². The Morgan fingerprint density at radius 3 is 2.92 bits per heavy atom. The summed E-state index contributed by atoms with van der Waals surface area (Å²) < 4.78 is 22.3. The van der Waals surface area contributed by atoms with Crippen LogP contribution in [0.3, 0.4) is 0 Å². The Balaban J connectivity index is 2.36. The average Bonchev–Trinajstić information content (AvgIpc) is 2.49. The van der Waals surface area contributed by atoms with Gasteiger partial charge in [0.1, 0.15) is 0 Å². The van der Waals surface area contributed by atoms with E-state index in [0.29, 0.717) is 11.5 Å². The predicted molar refractivity (Wildman–Crippen MR) is 50.6 cm³/mol. The van der Waals surface area contributed by atoms with Gasteiger partial charge < -0.3 is 9.47 Å². The van der Waals surface area contributed by atoms with E-state index < -0.39 is 4.74 Å². The zero-order valence-corrected chi connectivity index (χ0v) is 8.17. The van der Waals surface area contributed by atoms with Crippen molar-refractivity contribution in [3.63, 3.8) is 0 Å². The lowest BCUT2D eigenvalue weighted by molar-refractivity contribution is 0.174. The lowest BCUT2D eigenvalue weighted by Crippen LogP contribution is -1.92. The number of ether oxygens (including phenoxy) is 2. The lowest BCUT2D eigenvalue weighted by Gasteiger charge is -1.96. The van der Waals surface area contributed by atoms with Gasteiger partial charge in [-0.3, -0.25) is 0 Å². The molecule has 0 saturated carbocycles. The first-order chi connectivity index (χ1) is 6.25. The molecule has 0 aliphatic carbocycles. The number of rotatable bonds is 1. The third kappa shape index (κ3) is 1.83. The molecular formula is C9H6BrFO2. The number of fused-ring (bicyclic) bond motifs is 1. The van der Waals surface area contributed by atoms with E-state index in [1.807, 2.05) is 0 Å². The van der Waals surface area contributed by atoms with Crippen LogP contribution in [0.1, 0.15) is 5.56 Å². The molecule has 2 rings (SSSR count). The average molecular weight is 245 g/mol. The molecule has 0 saturated heterocycles.